The number of nitrogens with zero attached hydrogens (tertiary/aromatic N) is 1. The Kier molecular flexibility index (Phi) is 9.30. The van der Waals surface area contributed by atoms with Crippen LogP contribution in [0.2, 0.25) is 0 Å². The SMILES string of the molecule is CCCCCN(CCCCC)[C@@H](C)C(=O)O. The summed E-state index contributed by atoms with van der Waals surface area (Å²) in [6, 6.07) is -0.339. The first kappa shape index (κ1) is 15.4. The summed E-state index contributed by atoms with van der Waals surface area (Å²) in [7, 11) is 0. The molecule has 0 aromatic rings. The van der Waals surface area contributed by atoms with Gasteiger partial charge in [0.1, 0.15) is 6.04 Å². The van der Waals surface area contributed by atoms with Crippen molar-refractivity contribution in [2.75, 3.05) is 13.1 Å². The second-order valence-corrected chi connectivity index (χ2v) is 4.46. The molecular formula is C13H27NO2. The van der Waals surface area contributed by atoms with Gasteiger partial charge in [0, 0.05) is 0 Å². The van der Waals surface area contributed by atoms with Gasteiger partial charge in [-0.2, -0.15) is 0 Å². The molecule has 0 aliphatic heterocycles. The van der Waals surface area contributed by atoms with Crippen LogP contribution >= 0.6 is 0 Å². The fourth-order valence-electron chi connectivity index (χ4n) is 1.79. The van der Waals surface area contributed by atoms with Crippen LogP contribution in [0.5, 0.6) is 0 Å². The van der Waals surface area contributed by atoms with Gasteiger partial charge in [0.2, 0.25) is 0 Å². The average molecular weight is 229 g/mol. The third kappa shape index (κ3) is 6.83. The number of carboxylic acid groups (broad SMARTS) is 1. The van der Waals surface area contributed by atoms with Crippen molar-refractivity contribution >= 4 is 5.97 Å². The van der Waals surface area contributed by atoms with E-state index in [-0.39, 0.29) is 6.04 Å². The lowest BCUT2D eigenvalue weighted by molar-refractivity contribution is -0.142. The minimum absolute atomic E-state index is 0.339. The maximum Gasteiger partial charge on any atom is 0.320 e. The van der Waals surface area contributed by atoms with Crippen LogP contribution in [0.15, 0.2) is 0 Å². The molecule has 0 fully saturated rings. The molecule has 0 saturated carbocycles. The number of carboxylic acids is 1. The number of carbonyl (C=O) groups is 1. The average Bonchev–Trinajstić information content (AvgIpc) is 2.26. The molecule has 0 aliphatic carbocycles. The van der Waals surface area contributed by atoms with Crippen molar-refractivity contribution < 1.29 is 9.90 Å². The van der Waals surface area contributed by atoms with E-state index in [2.05, 4.69) is 18.7 Å². The summed E-state index contributed by atoms with van der Waals surface area (Å²) in [6.45, 7) is 7.97. The molecule has 0 aliphatic rings. The zero-order chi connectivity index (χ0) is 12.4. The smallest absolute Gasteiger partial charge is 0.320 e. The first-order valence-electron chi connectivity index (χ1n) is 6.60. The van der Waals surface area contributed by atoms with Crippen LogP contribution in [-0.4, -0.2) is 35.1 Å². The Morgan fingerprint density at radius 2 is 1.50 bits per heavy atom. The van der Waals surface area contributed by atoms with E-state index in [0.717, 1.165) is 25.9 Å². The summed E-state index contributed by atoms with van der Waals surface area (Å²) in [6.07, 6.45) is 6.97. The molecule has 0 bridgehead atoms. The topological polar surface area (TPSA) is 40.5 Å². The molecule has 0 aromatic carbocycles. The lowest BCUT2D eigenvalue weighted by Gasteiger charge is -2.26. The Morgan fingerprint density at radius 1 is 1.06 bits per heavy atom. The maximum atomic E-state index is 11.0. The van der Waals surface area contributed by atoms with Crippen molar-refractivity contribution in [1.29, 1.82) is 0 Å². The minimum atomic E-state index is -0.701. The Balaban J connectivity index is 3.99. The van der Waals surface area contributed by atoms with E-state index in [1.165, 1.54) is 25.7 Å². The Hall–Kier alpha value is -0.570. The number of rotatable bonds is 10. The Bertz CT molecular complexity index is 173. The van der Waals surface area contributed by atoms with E-state index >= 15 is 0 Å². The molecule has 3 nitrogen and oxygen atoms in total. The lowest BCUT2D eigenvalue weighted by Crippen LogP contribution is -2.40. The van der Waals surface area contributed by atoms with Crippen LogP contribution in [0.1, 0.15) is 59.3 Å². The molecule has 0 saturated heterocycles. The molecule has 1 atom stereocenters. The molecule has 0 heterocycles. The van der Waals surface area contributed by atoms with Crippen LogP contribution in [0.3, 0.4) is 0 Å². The van der Waals surface area contributed by atoms with E-state index < -0.39 is 5.97 Å². The summed E-state index contributed by atoms with van der Waals surface area (Å²) < 4.78 is 0. The molecule has 16 heavy (non-hydrogen) atoms. The second kappa shape index (κ2) is 9.64. The number of unbranched alkanes of at least 4 members (excludes halogenated alkanes) is 4. The van der Waals surface area contributed by atoms with Gasteiger partial charge in [-0.05, 0) is 32.9 Å². The van der Waals surface area contributed by atoms with Crippen molar-refractivity contribution in [2.45, 2.75) is 65.3 Å². The van der Waals surface area contributed by atoms with E-state index in [9.17, 15) is 4.79 Å². The number of aliphatic carboxylic acids is 1. The summed E-state index contributed by atoms with van der Waals surface area (Å²) in [5.41, 5.74) is 0. The van der Waals surface area contributed by atoms with E-state index in [1.54, 1.807) is 6.92 Å². The summed E-state index contributed by atoms with van der Waals surface area (Å²) in [5.74, 6) is -0.701. The van der Waals surface area contributed by atoms with Crippen molar-refractivity contribution in [1.82, 2.24) is 4.90 Å². The standard InChI is InChI=1S/C13H27NO2/c1-4-6-8-10-14(11-9-7-5-2)12(3)13(15)16/h12H,4-11H2,1-3H3,(H,15,16)/t12-/m0/s1. The zero-order valence-electron chi connectivity index (χ0n) is 11.0. The van der Waals surface area contributed by atoms with Gasteiger partial charge in [-0.15, -0.1) is 0 Å². The van der Waals surface area contributed by atoms with Crippen molar-refractivity contribution in [3.05, 3.63) is 0 Å². The van der Waals surface area contributed by atoms with Crippen LogP contribution in [0.4, 0.5) is 0 Å². The van der Waals surface area contributed by atoms with Gasteiger partial charge >= 0.3 is 5.97 Å². The van der Waals surface area contributed by atoms with Crippen LogP contribution in [0.25, 0.3) is 0 Å². The monoisotopic (exact) mass is 229 g/mol. The molecule has 1 N–H and O–H groups in total. The van der Waals surface area contributed by atoms with Gasteiger partial charge in [-0.3, -0.25) is 9.69 Å². The van der Waals surface area contributed by atoms with Gasteiger partial charge in [0.15, 0.2) is 0 Å². The largest absolute Gasteiger partial charge is 0.480 e. The van der Waals surface area contributed by atoms with E-state index in [0.29, 0.717) is 0 Å². The second-order valence-electron chi connectivity index (χ2n) is 4.46. The van der Waals surface area contributed by atoms with Gasteiger partial charge in [0.05, 0.1) is 0 Å². The normalized spacial score (nSPS) is 13.0. The van der Waals surface area contributed by atoms with Crippen LogP contribution in [-0.2, 0) is 4.79 Å². The minimum Gasteiger partial charge on any atom is -0.480 e. The van der Waals surface area contributed by atoms with Crippen molar-refractivity contribution in [3.63, 3.8) is 0 Å². The molecule has 0 spiro atoms. The molecular weight excluding hydrogens is 202 g/mol. The van der Waals surface area contributed by atoms with Crippen molar-refractivity contribution in [3.8, 4) is 0 Å². The lowest BCUT2D eigenvalue weighted by atomic mass is 10.1. The third-order valence-electron chi connectivity index (χ3n) is 3.00. The molecule has 96 valence electrons. The first-order chi connectivity index (χ1) is 7.63. The Morgan fingerprint density at radius 3 is 1.81 bits per heavy atom. The molecule has 0 aromatic heterocycles. The van der Waals surface area contributed by atoms with Gasteiger partial charge < -0.3 is 5.11 Å². The summed E-state index contributed by atoms with van der Waals surface area (Å²) in [4.78, 5) is 13.1. The van der Waals surface area contributed by atoms with Crippen LogP contribution < -0.4 is 0 Å². The highest BCUT2D eigenvalue weighted by Crippen LogP contribution is 2.07. The van der Waals surface area contributed by atoms with E-state index in [1.807, 2.05) is 0 Å². The van der Waals surface area contributed by atoms with Crippen molar-refractivity contribution in [2.24, 2.45) is 0 Å². The molecule has 0 unspecified atom stereocenters. The number of hydrogen-bond donors (Lipinski definition) is 1. The van der Waals surface area contributed by atoms with Crippen LogP contribution in [0, 0.1) is 0 Å². The highest BCUT2D eigenvalue weighted by molar-refractivity contribution is 5.72. The van der Waals surface area contributed by atoms with Gasteiger partial charge in [-0.1, -0.05) is 39.5 Å². The highest BCUT2D eigenvalue weighted by Gasteiger charge is 2.19. The fraction of sp³-hybridized carbons (Fsp3) is 0.923. The van der Waals surface area contributed by atoms with E-state index in [4.69, 9.17) is 5.11 Å². The highest BCUT2D eigenvalue weighted by atomic mass is 16.4. The van der Waals surface area contributed by atoms with Gasteiger partial charge in [0.25, 0.3) is 0 Å². The zero-order valence-corrected chi connectivity index (χ0v) is 11.0. The van der Waals surface area contributed by atoms with Gasteiger partial charge in [-0.25, -0.2) is 0 Å². The quantitative estimate of drug-likeness (QED) is 0.585. The molecule has 0 rings (SSSR count). The Labute approximate surface area is 99.8 Å². The number of hydrogen-bond acceptors (Lipinski definition) is 2. The summed E-state index contributed by atoms with van der Waals surface area (Å²) >= 11 is 0. The predicted molar refractivity (Wildman–Crippen MR) is 67.7 cm³/mol. The molecule has 0 radical (unpaired) electrons. The summed E-state index contributed by atoms with van der Waals surface area (Å²) in [5, 5.41) is 9.02. The predicted octanol–water partition coefficient (Wildman–Crippen LogP) is 3.14. The first-order valence-corrected chi connectivity index (χ1v) is 6.60. The third-order valence-corrected chi connectivity index (χ3v) is 3.00. The molecule has 0 amide bonds. The fourth-order valence-corrected chi connectivity index (χ4v) is 1.79. The molecule has 3 heteroatoms. The maximum absolute atomic E-state index is 11.0.